The predicted octanol–water partition coefficient (Wildman–Crippen LogP) is 0.728. The van der Waals surface area contributed by atoms with Gasteiger partial charge in [0.05, 0.1) is 0 Å². The molecule has 3 N–H and O–H groups in total. The minimum Gasteiger partial charge on any atom is -0.398 e. The number of hydrogen-bond donors (Lipinski definition) is 2. The van der Waals surface area contributed by atoms with E-state index < -0.39 is 5.91 Å². The number of nitrogens with one attached hydrogen (secondary N) is 1. The van der Waals surface area contributed by atoms with Crippen LogP contribution in [0.15, 0.2) is 28.5 Å². The van der Waals surface area contributed by atoms with Crippen molar-refractivity contribution in [1.29, 1.82) is 0 Å². The maximum atomic E-state index is 11.8. The zero-order valence-electron chi connectivity index (χ0n) is 10.6. The Morgan fingerprint density at radius 3 is 2.85 bits per heavy atom. The maximum Gasteiger partial charge on any atom is 0.251 e. The smallest absolute Gasteiger partial charge is 0.251 e. The van der Waals surface area contributed by atoms with E-state index >= 15 is 0 Å². The third-order valence-corrected chi connectivity index (χ3v) is 3.19. The first kappa shape index (κ1) is 13.9. The Balaban J connectivity index is 2.07. The number of thiazole rings is 1. The molecule has 0 aromatic carbocycles. The number of amides is 1. The van der Waals surface area contributed by atoms with Gasteiger partial charge in [-0.3, -0.25) is 14.4 Å². The second-order valence-electron chi connectivity index (χ2n) is 4.07. The van der Waals surface area contributed by atoms with Crippen molar-refractivity contribution in [1.82, 2.24) is 9.55 Å². The van der Waals surface area contributed by atoms with Crippen LogP contribution in [0, 0.1) is 0 Å². The number of ketones is 1. The molecule has 0 bridgehead atoms. The van der Waals surface area contributed by atoms with Gasteiger partial charge in [-0.15, -0.1) is 11.3 Å². The number of aromatic nitrogens is 2. The van der Waals surface area contributed by atoms with Crippen LogP contribution in [0.25, 0.3) is 0 Å². The number of carbonyl (C=O) groups excluding carboxylic acids is 2. The van der Waals surface area contributed by atoms with Gasteiger partial charge in [-0.05, 0) is 6.07 Å². The molecule has 1 amide bonds. The largest absolute Gasteiger partial charge is 0.398 e. The van der Waals surface area contributed by atoms with Crippen LogP contribution in [0.1, 0.15) is 17.4 Å². The molecule has 0 aliphatic heterocycles. The number of hydrogen-bond acceptors (Lipinski definition) is 6. The zero-order chi connectivity index (χ0) is 14.7. The second-order valence-corrected chi connectivity index (χ2v) is 4.93. The third kappa shape index (κ3) is 3.29. The molecule has 20 heavy (non-hydrogen) atoms. The quantitative estimate of drug-likeness (QED) is 0.808. The Bertz CT molecular complexity index is 719. The lowest BCUT2D eigenvalue weighted by molar-refractivity contribution is -0.116. The lowest BCUT2D eigenvalue weighted by Crippen LogP contribution is -2.27. The molecule has 0 unspecified atom stereocenters. The standard InChI is InChI=1S/C12H12N4O3S/c1-7(17)9-6-20-12(14-9)15-10(18)5-16-4-8(13)2-3-11(16)19/h2-4,6H,5,13H2,1H3,(H,14,15,18). The summed E-state index contributed by atoms with van der Waals surface area (Å²) in [5.74, 6) is -0.587. The van der Waals surface area contributed by atoms with Gasteiger partial charge < -0.3 is 15.6 Å². The van der Waals surface area contributed by atoms with Crippen LogP contribution in [0.3, 0.4) is 0 Å². The summed E-state index contributed by atoms with van der Waals surface area (Å²) in [4.78, 5) is 38.4. The Labute approximate surface area is 118 Å². The molecule has 0 fully saturated rings. The van der Waals surface area contributed by atoms with Crippen molar-refractivity contribution in [2.24, 2.45) is 0 Å². The van der Waals surface area contributed by atoms with Crippen molar-refractivity contribution in [3.05, 3.63) is 39.8 Å². The Morgan fingerprint density at radius 2 is 2.20 bits per heavy atom. The van der Waals surface area contributed by atoms with Gasteiger partial charge in [0.15, 0.2) is 10.9 Å². The highest BCUT2D eigenvalue weighted by Gasteiger charge is 2.10. The van der Waals surface area contributed by atoms with Gasteiger partial charge in [-0.1, -0.05) is 0 Å². The van der Waals surface area contributed by atoms with Crippen LogP contribution in [0.4, 0.5) is 10.8 Å². The number of nitrogen functional groups attached to an aromatic ring is 1. The highest BCUT2D eigenvalue weighted by Crippen LogP contribution is 2.15. The normalized spacial score (nSPS) is 10.2. The van der Waals surface area contributed by atoms with Gasteiger partial charge in [0.2, 0.25) is 5.91 Å². The number of anilines is 2. The second kappa shape index (κ2) is 5.66. The topological polar surface area (TPSA) is 107 Å². The zero-order valence-corrected chi connectivity index (χ0v) is 11.4. The monoisotopic (exact) mass is 292 g/mol. The van der Waals surface area contributed by atoms with Crippen LogP contribution in [0.5, 0.6) is 0 Å². The molecule has 2 aromatic heterocycles. The summed E-state index contributed by atoms with van der Waals surface area (Å²) in [6.07, 6.45) is 1.39. The van der Waals surface area contributed by atoms with Crippen molar-refractivity contribution in [3.63, 3.8) is 0 Å². The fraction of sp³-hybridized carbons (Fsp3) is 0.167. The van der Waals surface area contributed by atoms with Crippen molar-refractivity contribution in [2.75, 3.05) is 11.1 Å². The van der Waals surface area contributed by atoms with Crippen molar-refractivity contribution in [2.45, 2.75) is 13.5 Å². The van der Waals surface area contributed by atoms with E-state index in [9.17, 15) is 14.4 Å². The summed E-state index contributed by atoms with van der Waals surface area (Å²) >= 11 is 1.15. The first-order valence-corrected chi connectivity index (χ1v) is 6.56. The molecule has 0 aliphatic carbocycles. The fourth-order valence-corrected chi connectivity index (χ4v) is 2.25. The molecule has 0 atom stereocenters. The van der Waals surface area contributed by atoms with E-state index in [0.29, 0.717) is 16.5 Å². The Kier molecular flexibility index (Phi) is 3.94. The number of nitrogens with zero attached hydrogens (tertiary/aromatic N) is 2. The molecule has 0 spiro atoms. The Morgan fingerprint density at radius 1 is 1.45 bits per heavy atom. The molecular formula is C12H12N4O3S. The third-order valence-electron chi connectivity index (χ3n) is 2.43. The van der Waals surface area contributed by atoms with E-state index in [4.69, 9.17) is 5.73 Å². The maximum absolute atomic E-state index is 11.8. The average Bonchev–Trinajstić information content (AvgIpc) is 2.82. The number of carbonyl (C=O) groups is 2. The van der Waals surface area contributed by atoms with Crippen LogP contribution in [0.2, 0.25) is 0 Å². The highest BCUT2D eigenvalue weighted by molar-refractivity contribution is 7.14. The molecule has 104 valence electrons. The number of nitrogens with two attached hydrogens (primary N) is 1. The molecule has 0 aliphatic rings. The van der Waals surface area contributed by atoms with Gasteiger partial charge >= 0.3 is 0 Å². The van der Waals surface area contributed by atoms with Gasteiger partial charge in [0.25, 0.3) is 5.56 Å². The summed E-state index contributed by atoms with van der Waals surface area (Å²) in [5, 5.41) is 4.41. The minimum atomic E-state index is -0.415. The van der Waals surface area contributed by atoms with Gasteiger partial charge in [-0.25, -0.2) is 4.98 Å². The molecule has 0 radical (unpaired) electrons. The van der Waals surface area contributed by atoms with Crippen LogP contribution in [-0.2, 0) is 11.3 Å². The van der Waals surface area contributed by atoms with E-state index in [0.717, 1.165) is 11.3 Å². The van der Waals surface area contributed by atoms with E-state index in [1.165, 1.54) is 29.8 Å². The SMILES string of the molecule is CC(=O)c1csc(NC(=O)Cn2cc(N)ccc2=O)n1. The molecular weight excluding hydrogens is 280 g/mol. The van der Waals surface area contributed by atoms with Gasteiger partial charge in [0, 0.05) is 30.3 Å². The van der Waals surface area contributed by atoms with Crippen molar-refractivity contribution >= 4 is 33.8 Å². The van der Waals surface area contributed by atoms with E-state index in [1.807, 2.05) is 0 Å². The van der Waals surface area contributed by atoms with Crippen LogP contribution in [-0.4, -0.2) is 21.2 Å². The van der Waals surface area contributed by atoms with E-state index in [-0.39, 0.29) is 17.9 Å². The highest BCUT2D eigenvalue weighted by atomic mass is 32.1. The molecule has 2 aromatic rings. The number of rotatable bonds is 4. The molecule has 2 rings (SSSR count). The summed E-state index contributed by atoms with van der Waals surface area (Å²) in [7, 11) is 0. The van der Waals surface area contributed by atoms with E-state index in [1.54, 1.807) is 5.38 Å². The summed E-state index contributed by atoms with van der Waals surface area (Å²) in [6, 6.07) is 2.76. The van der Waals surface area contributed by atoms with Crippen molar-refractivity contribution in [3.8, 4) is 0 Å². The predicted molar refractivity (Wildman–Crippen MR) is 75.9 cm³/mol. The number of pyridine rings is 1. The molecule has 0 saturated carbocycles. The molecule has 8 heteroatoms. The van der Waals surface area contributed by atoms with Gasteiger partial charge in [0.1, 0.15) is 12.2 Å². The summed E-state index contributed by atoms with van der Waals surface area (Å²) in [6.45, 7) is 1.23. The molecule has 2 heterocycles. The van der Waals surface area contributed by atoms with Crippen LogP contribution < -0.4 is 16.6 Å². The lowest BCUT2D eigenvalue weighted by atomic mass is 10.4. The first-order chi connectivity index (χ1) is 9.45. The minimum absolute atomic E-state index is 0.168. The van der Waals surface area contributed by atoms with Crippen LogP contribution >= 0.6 is 11.3 Å². The van der Waals surface area contributed by atoms with E-state index in [2.05, 4.69) is 10.3 Å². The van der Waals surface area contributed by atoms with Crippen molar-refractivity contribution < 1.29 is 9.59 Å². The lowest BCUT2D eigenvalue weighted by Gasteiger charge is -2.05. The fourth-order valence-electron chi connectivity index (χ4n) is 1.48. The summed E-state index contributed by atoms with van der Waals surface area (Å²) in [5.41, 5.74) is 5.92. The van der Waals surface area contributed by atoms with Gasteiger partial charge in [-0.2, -0.15) is 0 Å². The molecule has 0 saturated heterocycles. The summed E-state index contributed by atoms with van der Waals surface area (Å²) < 4.78 is 1.20. The number of Topliss-reactive ketones (excluding diaryl/α,β-unsaturated/α-hetero) is 1. The Hall–Kier alpha value is -2.48. The molecule has 7 nitrogen and oxygen atoms in total. The first-order valence-electron chi connectivity index (χ1n) is 5.68. The average molecular weight is 292 g/mol.